The van der Waals surface area contributed by atoms with Crippen LogP contribution in [0, 0.1) is 6.92 Å². The first-order valence-corrected chi connectivity index (χ1v) is 5.42. The van der Waals surface area contributed by atoms with Gasteiger partial charge in [-0.3, -0.25) is 4.79 Å². The number of carbonyl (C=O) groups is 1. The molecule has 1 amide bonds. The third-order valence-corrected chi connectivity index (χ3v) is 2.50. The Morgan fingerprint density at radius 2 is 2.00 bits per heavy atom. The summed E-state index contributed by atoms with van der Waals surface area (Å²) in [6.45, 7) is 1.77. The lowest BCUT2D eigenvalue weighted by atomic mass is 10.2. The summed E-state index contributed by atoms with van der Waals surface area (Å²) in [5, 5.41) is 2.78. The number of amides is 1. The molecule has 0 aliphatic rings. The van der Waals surface area contributed by atoms with Crippen LogP contribution in [0.3, 0.4) is 0 Å². The second-order valence-electron chi connectivity index (χ2n) is 3.70. The Kier molecular flexibility index (Phi) is 3.52. The number of aryl methyl sites for hydroxylation is 1. The van der Waals surface area contributed by atoms with Crippen molar-refractivity contribution in [1.82, 2.24) is 9.97 Å². The van der Waals surface area contributed by atoms with E-state index in [4.69, 9.17) is 4.74 Å². The Labute approximate surface area is 105 Å². The van der Waals surface area contributed by atoms with Gasteiger partial charge in [-0.05, 0) is 31.2 Å². The Hall–Kier alpha value is -2.43. The molecular formula is C13H13N3O2. The van der Waals surface area contributed by atoms with Crippen molar-refractivity contribution < 1.29 is 9.53 Å². The number of carbonyl (C=O) groups excluding carboxylic acids is 1. The number of anilines is 1. The van der Waals surface area contributed by atoms with Gasteiger partial charge in [0, 0.05) is 11.9 Å². The highest BCUT2D eigenvalue weighted by Crippen LogP contribution is 2.16. The van der Waals surface area contributed by atoms with Crippen LogP contribution in [0.25, 0.3) is 0 Å². The molecule has 1 aromatic carbocycles. The van der Waals surface area contributed by atoms with Crippen molar-refractivity contribution in [2.45, 2.75) is 6.92 Å². The lowest BCUT2D eigenvalue weighted by molar-refractivity contribution is 0.102. The molecule has 0 atom stereocenters. The van der Waals surface area contributed by atoms with Crippen LogP contribution >= 0.6 is 0 Å². The van der Waals surface area contributed by atoms with Crippen LogP contribution in [0.1, 0.15) is 16.1 Å². The van der Waals surface area contributed by atoms with Gasteiger partial charge in [0.05, 0.1) is 18.4 Å². The van der Waals surface area contributed by atoms with Crippen LogP contribution in [-0.2, 0) is 0 Å². The van der Waals surface area contributed by atoms with Gasteiger partial charge in [0.15, 0.2) is 0 Å². The molecule has 0 saturated carbocycles. The van der Waals surface area contributed by atoms with Crippen molar-refractivity contribution in [1.29, 1.82) is 0 Å². The van der Waals surface area contributed by atoms with E-state index in [2.05, 4.69) is 15.3 Å². The topological polar surface area (TPSA) is 64.1 Å². The van der Waals surface area contributed by atoms with Crippen LogP contribution in [0.2, 0.25) is 0 Å². The lowest BCUT2D eigenvalue weighted by Crippen LogP contribution is -2.14. The summed E-state index contributed by atoms with van der Waals surface area (Å²) in [6.07, 6.45) is 2.92. The van der Waals surface area contributed by atoms with Gasteiger partial charge < -0.3 is 10.1 Å². The maximum Gasteiger partial charge on any atom is 0.259 e. The first kappa shape index (κ1) is 12.0. The Balaban J connectivity index is 2.14. The van der Waals surface area contributed by atoms with Crippen LogP contribution in [0.15, 0.2) is 36.8 Å². The van der Waals surface area contributed by atoms with Crippen molar-refractivity contribution in [3.63, 3.8) is 0 Å². The number of methoxy groups -OCH3 is 1. The Morgan fingerprint density at radius 3 is 2.61 bits per heavy atom. The number of aromatic nitrogens is 2. The van der Waals surface area contributed by atoms with E-state index in [1.165, 1.54) is 12.5 Å². The fourth-order valence-electron chi connectivity index (χ4n) is 1.49. The van der Waals surface area contributed by atoms with Crippen LogP contribution in [-0.4, -0.2) is 23.0 Å². The molecule has 0 spiro atoms. The highest BCUT2D eigenvalue weighted by molar-refractivity contribution is 6.04. The molecule has 0 aliphatic carbocycles. The van der Waals surface area contributed by atoms with Crippen molar-refractivity contribution in [3.05, 3.63) is 48.0 Å². The van der Waals surface area contributed by atoms with Gasteiger partial charge in [-0.1, -0.05) is 0 Å². The molecule has 1 heterocycles. The Morgan fingerprint density at radius 1 is 1.28 bits per heavy atom. The van der Waals surface area contributed by atoms with Crippen molar-refractivity contribution in [2.24, 2.45) is 0 Å². The molecule has 1 aromatic heterocycles. The standard InChI is InChI=1S/C13H13N3O2/c1-9-12(7-14-8-15-9)13(17)16-10-3-5-11(18-2)6-4-10/h3-8H,1-2H3,(H,16,17). The monoisotopic (exact) mass is 243 g/mol. The molecule has 0 radical (unpaired) electrons. The number of hydrogen-bond acceptors (Lipinski definition) is 4. The van der Waals surface area contributed by atoms with Gasteiger partial charge in [-0.25, -0.2) is 9.97 Å². The number of nitrogens with zero attached hydrogens (tertiary/aromatic N) is 2. The third kappa shape index (κ3) is 2.63. The summed E-state index contributed by atoms with van der Waals surface area (Å²) in [5.74, 6) is 0.519. The first-order chi connectivity index (χ1) is 8.70. The highest BCUT2D eigenvalue weighted by Gasteiger charge is 2.09. The zero-order valence-corrected chi connectivity index (χ0v) is 10.2. The largest absolute Gasteiger partial charge is 0.497 e. The minimum atomic E-state index is -0.224. The van der Waals surface area contributed by atoms with E-state index < -0.39 is 0 Å². The van der Waals surface area contributed by atoms with E-state index in [0.29, 0.717) is 16.9 Å². The number of ether oxygens (including phenoxy) is 1. The maximum absolute atomic E-state index is 12.0. The van der Waals surface area contributed by atoms with Gasteiger partial charge in [-0.2, -0.15) is 0 Å². The van der Waals surface area contributed by atoms with E-state index in [0.717, 1.165) is 5.75 Å². The highest BCUT2D eigenvalue weighted by atomic mass is 16.5. The molecule has 2 rings (SSSR count). The van der Waals surface area contributed by atoms with Crippen molar-refractivity contribution in [3.8, 4) is 5.75 Å². The summed E-state index contributed by atoms with van der Waals surface area (Å²) in [6, 6.07) is 7.11. The normalized spacial score (nSPS) is 9.89. The molecule has 0 unspecified atom stereocenters. The first-order valence-electron chi connectivity index (χ1n) is 5.42. The molecule has 0 fully saturated rings. The molecule has 0 aliphatic heterocycles. The molecule has 18 heavy (non-hydrogen) atoms. The van der Waals surface area contributed by atoms with E-state index >= 15 is 0 Å². The fraction of sp³-hybridized carbons (Fsp3) is 0.154. The summed E-state index contributed by atoms with van der Waals surface area (Å²) in [7, 11) is 1.60. The summed E-state index contributed by atoms with van der Waals surface area (Å²) in [5.41, 5.74) is 1.81. The minimum Gasteiger partial charge on any atom is -0.497 e. The van der Waals surface area contributed by atoms with Gasteiger partial charge in [-0.15, -0.1) is 0 Å². The van der Waals surface area contributed by atoms with Crippen molar-refractivity contribution >= 4 is 11.6 Å². The van der Waals surface area contributed by atoms with Crippen molar-refractivity contribution in [2.75, 3.05) is 12.4 Å². The lowest BCUT2D eigenvalue weighted by Gasteiger charge is -2.07. The van der Waals surface area contributed by atoms with E-state index in [-0.39, 0.29) is 5.91 Å². The smallest absolute Gasteiger partial charge is 0.259 e. The predicted octanol–water partition coefficient (Wildman–Crippen LogP) is 2.05. The van der Waals surface area contributed by atoms with Gasteiger partial charge >= 0.3 is 0 Å². The molecular weight excluding hydrogens is 230 g/mol. The quantitative estimate of drug-likeness (QED) is 0.896. The molecule has 0 bridgehead atoms. The minimum absolute atomic E-state index is 0.224. The molecule has 5 nitrogen and oxygen atoms in total. The summed E-state index contributed by atoms with van der Waals surface area (Å²) < 4.78 is 5.05. The maximum atomic E-state index is 12.0. The number of nitrogens with one attached hydrogen (secondary N) is 1. The number of hydrogen-bond donors (Lipinski definition) is 1. The van der Waals surface area contributed by atoms with Gasteiger partial charge in [0.25, 0.3) is 5.91 Å². The SMILES string of the molecule is COc1ccc(NC(=O)c2cncnc2C)cc1. The zero-order valence-electron chi connectivity index (χ0n) is 10.2. The summed E-state index contributed by atoms with van der Waals surface area (Å²) >= 11 is 0. The van der Waals surface area contributed by atoms with Gasteiger partial charge in [0.1, 0.15) is 12.1 Å². The fourth-order valence-corrected chi connectivity index (χ4v) is 1.49. The average Bonchev–Trinajstić information content (AvgIpc) is 2.40. The van der Waals surface area contributed by atoms with Crippen LogP contribution < -0.4 is 10.1 Å². The molecule has 1 N–H and O–H groups in total. The van der Waals surface area contributed by atoms with Crippen LogP contribution in [0.5, 0.6) is 5.75 Å². The van der Waals surface area contributed by atoms with E-state index in [9.17, 15) is 4.79 Å². The zero-order chi connectivity index (χ0) is 13.0. The average molecular weight is 243 g/mol. The number of rotatable bonds is 3. The predicted molar refractivity (Wildman–Crippen MR) is 67.7 cm³/mol. The van der Waals surface area contributed by atoms with Crippen LogP contribution in [0.4, 0.5) is 5.69 Å². The van der Waals surface area contributed by atoms with E-state index in [1.807, 2.05) is 0 Å². The second-order valence-corrected chi connectivity index (χ2v) is 3.70. The molecule has 92 valence electrons. The van der Waals surface area contributed by atoms with E-state index in [1.54, 1.807) is 38.3 Å². The molecule has 5 heteroatoms. The second kappa shape index (κ2) is 5.27. The molecule has 2 aromatic rings. The third-order valence-electron chi connectivity index (χ3n) is 2.50. The molecule has 0 saturated heterocycles. The number of benzene rings is 1. The summed E-state index contributed by atoms with van der Waals surface area (Å²) in [4.78, 5) is 19.8. The van der Waals surface area contributed by atoms with Gasteiger partial charge in [0.2, 0.25) is 0 Å². The Bertz CT molecular complexity index is 552.